The number of carbonyl (C=O) groups excluding carboxylic acids is 1. The van der Waals surface area contributed by atoms with Crippen LogP contribution >= 0.6 is 0 Å². The van der Waals surface area contributed by atoms with E-state index in [2.05, 4.69) is 6.58 Å². The highest BCUT2D eigenvalue weighted by Gasteiger charge is 2.35. The van der Waals surface area contributed by atoms with Crippen molar-refractivity contribution in [2.24, 2.45) is 0 Å². The number of hydrogen-bond donors (Lipinski definition) is 4. The van der Waals surface area contributed by atoms with E-state index in [1.807, 2.05) is 0 Å². The Morgan fingerprint density at radius 2 is 1.75 bits per heavy atom. The molecule has 0 fully saturated rings. The number of phenolic OH excluding ortho intramolecular Hbond substituents is 3. The Labute approximate surface area is 137 Å². The number of aromatic hydroxyl groups is 3. The van der Waals surface area contributed by atoms with Crippen LogP contribution in [0.15, 0.2) is 36.4 Å². The molecule has 0 aromatic heterocycles. The van der Waals surface area contributed by atoms with E-state index >= 15 is 0 Å². The van der Waals surface area contributed by atoms with Gasteiger partial charge in [0.1, 0.15) is 35.7 Å². The summed E-state index contributed by atoms with van der Waals surface area (Å²) in [6.45, 7) is 5.14. The van der Waals surface area contributed by atoms with Crippen molar-refractivity contribution < 1.29 is 30.0 Å². The number of aliphatic hydroxyl groups excluding tert-OH is 1. The average Bonchev–Trinajstić information content (AvgIpc) is 2.82. The van der Waals surface area contributed by atoms with Crippen molar-refractivity contribution in [2.45, 2.75) is 13.0 Å². The van der Waals surface area contributed by atoms with Crippen LogP contribution in [0.4, 0.5) is 0 Å². The Kier molecular flexibility index (Phi) is 3.69. The summed E-state index contributed by atoms with van der Waals surface area (Å²) in [6.07, 6.45) is -0.919. The van der Waals surface area contributed by atoms with Crippen LogP contribution in [-0.2, 0) is 0 Å². The Morgan fingerprint density at radius 3 is 2.38 bits per heavy atom. The van der Waals surface area contributed by atoms with Gasteiger partial charge in [-0.3, -0.25) is 4.79 Å². The number of phenols is 3. The lowest BCUT2D eigenvalue weighted by Gasteiger charge is -2.15. The van der Waals surface area contributed by atoms with Crippen LogP contribution in [0.2, 0.25) is 0 Å². The number of fused-ring (bicyclic) bond motifs is 3. The van der Waals surface area contributed by atoms with Gasteiger partial charge < -0.3 is 25.2 Å². The molecule has 0 heterocycles. The van der Waals surface area contributed by atoms with Crippen LogP contribution in [0, 0.1) is 0 Å². The normalized spacial score (nSPS) is 13.3. The van der Waals surface area contributed by atoms with Crippen LogP contribution < -0.4 is 4.74 Å². The molecule has 3 rings (SSSR count). The summed E-state index contributed by atoms with van der Waals surface area (Å²) >= 11 is 0. The summed E-state index contributed by atoms with van der Waals surface area (Å²) in [7, 11) is 0. The number of benzene rings is 2. The third kappa shape index (κ3) is 2.37. The van der Waals surface area contributed by atoms with Gasteiger partial charge in [0.25, 0.3) is 0 Å². The van der Waals surface area contributed by atoms with Crippen molar-refractivity contribution >= 4 is 5.78 Å². The van der Waals surface area contributed by atoms with Crippen LogP contribution in [0.5, 0.6) is 23.0 Å². The number of hydrogen-bond acceptors (Lipinski definition) is 6. The maximum absolute atomic E-state index is 12.5. The van der Waals surface area contributed by atoms with Crippen LogP contribution in [0.1, 0.15) is 22.8 Å². The summed E-state index contributed by atoms with van der Waals surface area (Å²) in [5.41, 5.74) is 0.996. The van der Waals surface area contributed by atoms with E-state index in [0.717, 1.165) is 0 Å². The van der Waals surface area contributed by atoms with Gasteiger partial charge in [0, 0.05) is 22.8 Å². The molecular formula is C18H16O6. The molecule has 0 spiro atoms. The van der Waals surface area contributed by atoms with Gasteiger partial charge in [-0.05, 0) is 30.7 Å². The van der Waals surface area contributed by atoms with Gasteiger partial charge >= 0.3 is 0 Å². The average molecular weight is 328 g/mol. The second kappa shape index (κ2) is 5.58. The van der Waals surface area contributed by atoms with Gasteiger partial charge in [-0.25, -0.2) is 0 Å². The first kappa shape index (κ1) is 15.9. The molecule has 0 radical (unpaired) electrons. The molecule has 0 aliphatic heterocycles. The fourth-order valence-electron chi connectivity index (χ4n) is 2.66. The third-order valence-corrected chi connectivity index (χ3v) is 3.94. The molecule has 1 atom stereocenters. The molecule has 2 aromatic rings. The molecule has 0 saturated carbocycles. The molecule has 1 aliphatic carbocycles. The number of ether oxygens (including phenoxy) is 1. The first-order valence-electron chi connectivity index (χ1n) is 7.24. The van der Waals surface area contributed by atoms with E-state index < -0.39 is 11.9 Å². The van der Waals surface area contributed by atoms with Crippen molar-refractivity contribution in [3.05, 3.63) is 47.5 Å². The van der Waals surface area contributed by atoms with Crippen LogP contribution in [-0.4, -0.2) is 38.9 Å². The molecule has 4 N–H and O–H groups in total. The number of ketones is 1. The van der Waals surface area contributed by atoms with Crippen molar-refractivity contribution in [3.63, 3.8) is 0 Å². The summed E-state index contributed by atoms with van der Waals surface area (Å²) in [5, 5.41) is 39.8. The molecule has 124 valence electrons. The Hall–Kier alpha value is -2.99. The minimum Gasteiger partial charge on any atom is -0.508 e. The lowest BCUT2D eigenvalue weighted by molar-refractivity contribution is 0.104. The van der Waals surface area contributed by atoms with E-state index in [1.54, 1.807) is 6.92 Å². The first-order valence-corrected chi connectivity index (χ1v) is 7.24. The quantitative estimate of drug-likeness (QED) is 0.432. The molecule has 1 aliphatic rings. The summed E-state index contributed by atoms with van der Waals surface area (Å²) < 4.78 is 5.54. The molecule has 0 bridgehead atoms. The summed E-state index contributed by atoms with van der Waals surface area (Å²) in [6, 6.07) is 5.04. The van der Waals surface area contributed by atoms with Gasteiger partial charge in [-0.2, -0.15) is 0 Å². The molecule has 0 saturated heterocycles. The van der Waals surface area contributed by atoms with Crippen molar-refractivity contribution in [1.29, 1.82) is 0 Å². The van der Waals surface area contributed by atoms with E-state index in [1.165, 1.54) is 24.3 Å². The van der Waals surface area contributed by atoms with E-state index in [9.17, 15) is 25.2 Å². The van der Waals surface area contributed by atoms with Crippen LogP contribution in [0.3, 0.4) is 0 Å². The number of carbonyl (C=O) groups is 1. The minimum absolute atomic E-state index is 0.0408. The maximum atomic E-state index is 12.5. The molecule has 24 heavy (non-hydrogen) atoms. The highest BCUT2D eigenvalue weighted by atomic mass is 16.5. The maximum Gasteiger partial charge on any atom is 0.198 e. The van der Waals surface area contributed by atoms with Crippen molar-refractivity contribution in [3.8, 4) is 34.1 Å². The van der Waals surface area contributed by atoms with Gasteiger partial charge in [-0.15, -0.1) is 0 Å². The SMILES string of the molecule is C=C(C)[C@H](O)COc1cc(O)cc2c1-c1c(O)ccc(O)c1C2=O. The number of rotatable bonds is 4. The van der Waals surface area contributed by atoms with Gasteiger partial charge in [0.15, 0.2) is 5.78 Å². The van der Waals surface area contributed by atoms with Gasteiger partial charge in [0.05, 0.1) is 5.56 Å². The largest absolute Gasteiger partial charge is 0.508 e. The lowest BCUT2D eigenvalue weighted by atomic mass is 10.0. The predicted octanol–water partition coefficient (Wildman–Crippen LogP) is 2.33. The first-order chi connectivity index (χ1) is 11.3. The zero-order valence-corrected chi connectivity index (χ0v) is 12.9. The molecule has 6 nitrogen and oxygen atoms in total. The highest BCUT2D eigenvalue weighted by molar-refractivity contribution is 6.25. The van der Waals surface area contributed by atoms with Crippen LogP contribution in [0.25, 0.3) is 11.1 Å². The fourth-order valence-corrected chi connectivity index (χ4v) is 2.66. The van der Waals surface area contributed by atoms with Gasteiger partial charge in [-0.1, -0.05) is 6.58 Å². The standard InChI is InChI=1S/C18H16O6/c1-8(2)13(22)7-24-14-6-9(19)5-10-15(14)16-11(20)3-4-12(21)17(16)18(10)23/h3-6,13,19-22H,1,7H2,2H3/t13-/m1/s1. The number of aliphatic hydroxyl groups is 1. The molecule has 0 amide bonds. The molecular weight excluding hydrogens is 312 g/mol. The smallest absolute Gasteiger partial charge is 0.198 e. The second-order valence-corrected chi connectivity index (χ2v) is 5.72. The van der Waals surface area contributed by atoms with Crippen molar-refractivity contribution in [1.82, 2.24) is 0 Å². The summed E-state index contributed by atoms with van der Waals surface area (Å²) in [4.78, 5) is 12.5. The summed E-state index contributed by atoms with van der Waals surface area (Å²) in [5.74, 6) is -1.05. The minimum atomic E-state index is -0.919. The Bertz CT molecular complexity index is 868. The second-order valence-electron chi connectivity index (χ2n) is 5.72. The zero-order valence-electron chi connectivity index (χ0n) is 12.9. The third-order valence-electron chi connectivity index (χ3n) is 3.94. The zero-order chi connectivity index (χ0) is 17.6. The Morgan fingerprint density at radius 1 is 1.12 bits per heavy atom. The predicted molar refractivity (Wildman–Crippen MR) is 86.6 cm³/mol. The van der Waals surface area contributed by atoms with E-state index in [0.29, 0.717) is 5.57 Å². The highest BCUT2D eigenvalue weighted by Crippen LogP contribution is 2.50. The van der Waals surface area contributed by atoms with Crippen molar-refractivity contribution in [2.75, 3.05) is 6.61 Å². The van der Waals surface area contributed by atoms with Gasteiger partial charge in [0.2, 0.25) is 0 Å². The Balaban J connectivity index is 2.15. The molecule has 2 aromatic carbocycles. The molecule has 6 heteroatoms. The molecule has 0 unspecified atom stereocenters. The topological polar surface area (TPSA) is 107 Å². The monoisotopic (exact) mass is 328 g/mol. The van der Waals surface area contributed by atoms with E-state index in [-0.39, 0.29) is 51.9 Å². The lowest BCUT2D eigenvalue weighted by Crippen LogP contribution is -2.18. The van der Waals surface area contributed by atoms with E-state index in [4.69, 9.17) is 4.74 Å². The fraction of sp³-hybridized carbons (Fsp3) is 0.167.